The predicted octanol–water partition coefficient (Wildman–Crippen LogP) is 6.12. The summed E-state index contributed by atoms with van der Waals surface area (Å²) in [7, 11) is 1.63. The average Bonchev–Trinajstić information content (AvgIpc) is 3.05. The van der Waals surface area contributed by atoms with Gasteiger partial charge in [0.25, 0.3) is 5.91 Å². The minimum absolute atomic E-state index is 0.0902. The molecule has 3 aromatic rings. The number of anilines is 1. The monoisotopic (exact) mass is 414 g/mol. The molecule has 0 spiro atoms. The number of hydrogen-bond donors (Lipinski definition) is 0. The van der Waals surface area contributed by atoms with Gasteiger partial charge in [0.15, 0.2) is 5.17 Å². The van der Waals surface area contributed by atoms with Crippen molar-refractivity contribution in [1.82, 2.24) is 0 Å². The maximum atomic E-state index is 13.5. The number of para-hydroxylation sites is 3. The lowest BCUT2D eigenvalue weighted by Gasteiger charge is -2.18. The van der Waals surface area contributed by atoms with Crippen molar-refractivity contribution in [2.24, 2.45) is 4.99 Å². The number of ether oxygens (including phenoxy) is 1. The summed E-state index contributed by atoms with van der Waals surface area (Å²) in [6.45, 7) is 4.02. The Bertz CT molecular complexity index is 1170. The van der Waals surface area contributed by atoms with Crippen LogP contribution >= 0.6 is 11.8 Å². The number of amidine groups is 1. The molecule has 150 valence electrons. The van der Waals surface area contributed by atoms with E-state index in [1.165, 1.54) is 11.8 Å². The molecule has 1 heterocycles. The highest BCUT2D eigenvalue weighted by Gasteiger charge is 2.35. The Labute approximate surface area is 180 Å². The molecular weight excluding hydrogens is 392 g/mol. The van der Waals surface area contributed by atoms with Gasteiger partial charge in [0.05, 0.1) is 23.4 Å². The van der Waals surface area contributed by atoms with Crippen molar-refractivity contribution in [3.63, 3.8) is 0 Å². The van der Waals surface area contributed by atoms with Crippen LogP contribution in [0.2, 0.25) is 0 Å². The molecular formula is C25H22N2O2S. The van der Waals surface area contributed by atoms with E-state index in [9.17, 15) is 4.79 Å². The number of rotatable bonds is 4. The van der Waals surface area contributed by atoms with Crippen LogP contribution in [0.4, 0.5) is 11.4 Å². The largest absolute Gasteiger partial charge is 0.496 e. The highest BCUT2D eigenvalue weighted by atomic mass is 32.2. The highest BCUT2D eigenvalue weighted by Crippen LogP contribution is 2.39. The summed E-state index contributed by atoms with van der Waals surface area (Å²) < 4.78 is 5.45. The number of hydrogen-bond acceptors (Lipinski definition) is 4. The van der Waals surface area contributed by atoms with E-state index in [0.29, 0.717) is 10.1 Å². The van der Waals surface area contributed by atoms with Crippen LogP contribution in [0.3, 0.4) is 0 Å². The Morgan fingerprint density at radius 1 is 0.900 bits per heavy atom. The minimum Gasteiger partial charge on any atom is -0.496 e. The predicted molar refractivity (Wildman–Crippen MR) is 126 cm³/mol. The van der Waals surface area contributed by atoms with E-state index >= 15 is 0 Å². The third-order valence-corrected chi connectivity index (χ3v) is 5.89. The summed E-state index contributed by atoms with van der Waals surface area (Å²) in [6, 6.07) is 23.4. The van der Waals surface area contributed by atoms with Crippen LogP contribution in [-0.4, -0.2) is 18.2 Å². The molecule has 1 saturated heterocycles. The molecule has 0 radical (unpaired) electrons. The van der Waals surface area contributed by atoms with Crippen LogP contribution in [0.15, 0.2) is 82.7 Å². The number of carbonyl (C=O) groups excluding carboxylic acids is 1. The number of aliphatic imine (C=N–C) groups is 1. The van der Waals surface area contributed by atoms with Gasteiger partial charge < -0.3 is 4.74 Å². The summed E-state index contributed by atoms with van der Waals surface area (Å²) >= 11 is 1.38. The standard InChI is InChI=1S/C25H22N2O2S/c1-17-10-4-7-13-20(17)26-25-27(21-14-8-5-11-18(21)2)24(28)23(30-25)16-19-12-6-9-15-22(19)29-3/h4-16H,1-3H3. The average molecular weight is 415 g/mol. The fourth-order valence-electron chi connectivity index (χ4n) is 3.29. The Balaban J connectivity index is 1.84. The molecule has 4 nitrogen and oxygen atoms in total. The lowest BCUT2D eigenvalue weighted by atomic mass is 10.1. The van der Waals surface area contributed by atoms with Gasteiger partial charge in [-0.15, -0.1) is 0 Å². The number of benzene rings is 3. The second kappa shape index (κ2) is 8.59. The van der Waals surface area contributed by atoms with E-state index in [1.54, 1.807) is 12.0 Å². The van der Waals surface area contributed by atoms with Gasteiger partial charge in [-0.1, -0.05) is 54.6 Å². The van der Waals surface area contributed by atoms with E-state index in [2.05, 4.69) is 0 Å². The zero-order valence-corrected chi connectivity index (χ0v) is 17.9. The molecule has 3 aromatic carbocycles. The molecule has 0 aliphatic carbocycles. The van der Waals surface area contributed by atoms with Crippen LogP contribution in [0, 0.1) is 13.8 Å². The maximum absolute atomic E-state index is 13.5. The number of amides is 1. The van der Waals surface area contributed by atoms with Crippen molar-refractivity contribution >= 4 is 40.3 Å². The Hall–Kier alpha value is -3.31. The Kier molecular flexibility index (Phi) is 5.72. The van der Waals surface area contributed by atoms with Crippen molar-refractivity contribution < 1.29 is 9.53 Å². The first-order chi connectivity index (χ1) is 14.6. The number of nitrogens with zero attached hydrogens (tertiary/aromatic N) is 2. The first kappa shape index (κ1) is 20.0. The third kappa shape index (κ3) is 3.89. The van der Waals surface area contributed by atoms with Gasteiger partial charge in [-0.25, -0.2) is 4.99 Å². The van der Waals surface area contributed by atoms with Gasteiger partial charge in [0, 0.05) is 5.56 Å². The van der Waals surface area contributed by atoms with Crippen LogP contribution in [0.25, 0.3) is 6.08 Å². The Morgan fingerprint density at radius 2 is 1.57 bits per heavy atom. The molecule has 0 unspecified atom stereocenters. The second-order valence-corrected chi connectivity index (χ2v) is 7.97. The molecule has 1 aliphatic rings. The van der Waals surface area contributed by atoms with Crippen LogP contribution in [0.5, 0.6) is 5.75 Å². The SMILES string of the molecule is COc1ccccc1C=C1SC(=Nc2ccccc2C)N(c2ccccc2C)C1=O. The van der Waals surface area contributed by atoms with Crippen LogP contribution < -0.4 is 9.64 Å². The number of methoxy groups -OCH3 is 1. The highest BCUT2D eigenvalue weighted by molar-refractivity contribution is 8.19. The molecule has 30 heavy (non-hydrogen) atoms. The smallest absolute Gasteiger partial charge is 0.271 e. The van der Waals surface area contributed by atoms with E-state index in [4.69, 9.17) is 9.73 Å². The lowest BCUT2D eigenvalue weighted by Crippen LogP contribution is -2.29. The molecule has 4 rings (SSSR count). The van der Waals surface area contributed by atoms with Crippen LogP contribution in [0.1, 0.15) is 16.7 Å². The molecule has 1 aliphatic heterocycles. The summed E-state index contributed by atoms with van der Waals surface area (Å²) in [5.41, 5.74) is 4.63. The summed E-state index contributed by atoms with van der Waals surface area (Å²) in [6.07, 6.45) is 1.87. The van der Waals surface area contributed by atoms with Crippen molar-refractivity contribution in [3.8, 4) is 5.75 Å². The Morgan fingerprint density at radius 3 is 2.30 bits per heavy atom. The van der Waals surface area contributed by atoms with Crippen LogP contribution in [-0.2, 0) is 4.79 Å². The first-order valence-corrected chi connectivity index (χ1v) is 10.5. The van der Waals surface area contributed by atoms with Crippen molar-refractivity contribution in [2.45, 2.75) is 13.8 Å². The van der Waals surface area contributed by atoms with Gasteiger partial charge in [-0.2, -0.15) is 0 Å². The maximum Gasteiger partial charge on any atom is 0.271 e. The summed E-state index contributed by atoms with van der Waals surface area (Å²) in [5, 5.41) is 0.643. The fraction of sp³-hybridized carbons (Fsp3) is 0.120. The summed E-state index contributed by atoms with van der Waals surface area (Å²) in [5.74, 6) is 0.637. The first-order valence-electron chi connectivity index (χ1n) is 9.65. The van der Waals surface area contributed by atoms with Gasteiger partial charge in [-0.3, -0.25) is 9.69 Å². The molecule has 1 amide bonds. The number of aryl methyl sites for hydroxylation is 2. The topological polar surface area (TPSA) is 41.9 Å². The molecule has 1 fully saturated rings. The zero-order chi connectivity index (χ0) is 21.1. The molecule has 0 atom stereocenters. The molecule has 0 saturated carbocycles. The second-order valence-electron chi connectivity index (χ2n) is 6.96. The molecule has 0 bridgehead atoms. The quantitative estimate of drug-likeness (QED) is 0.483. The van der Waals surface area contributed by atoms with Crippen molar-refractivity contribution in [1.29, 1.82) is 0 Å². The molecule has 5 heteroatoms. The summed E-state index contributed by atoms with van der Waals surface area (Å²) in [4.78, 5) is 20.6. The third-order valence-electron chi connectivity index (χ3n) is 4.92. The molecule has 0 N–H and O–H groups in total. The van der Waals surface area contributed by atoms with Gasteiger partial charge in [0.1, 0.15) is 5.75 Å². The van der Waals surface area contributed by atoms with Gasteiger partial charge >= 0.3 is 0 Å². The number of thioether (sulfide) groups is 1. The van der Waals surface area contributed by atoms with Gasteiger partial charge in [-0.05, 0) is 61.0 Å². The lowest BCUT2D eigenvalue weighted by molar-refractivity contribution is -0.113. The van der Waals surface area contributed by atoms with Gasteiger partial charge in [0.2, 0.25) is 0 Å². The normalized spacial score (nSPS) is 16.5. The van der Waals surface area contributed by atoms with E-state index < -0.39 is 0 Å². The van der Waals surface area contributed by atoms with Crippen molar-refractivity contribution in [3.05, 3.63) is 94.4 Å². The van der Waals surface area contributed by atoms with E-state index in [-0.39, 0.29) is 5.91 Å². The minimum atomic E-state index is -0.0902. The fourth-order valence-corrected chi connectivity index (χ4v) is 4.27. The zero-order valence-electron chi connectivity index (χ0n) is 17.1. The number of carbonyl (C=O) groups is 1. The van der Waals surface area contributed by atoms with E-state index in [0.717, 1.165) is 33.8 Å². The molecule has 0 aromatic heterocycles. The van der Waals surface area contributed by atoms with Crippen molar-refractivity contribution in [2.75, 3.05) is 12.0 Å². The van der Waals surface area contributed by atoms with E-state index in [1.807, 2.05) is 92.7 Å².